The molecule has 0 amide bonds. The van der Waals surface area contributed by atoms with E-state index in [0.29, 0.717) is 17.8 Å². The van der Waals surface area contributed by atoms with Gasteiger partial charge < -0.3 is 4.74 Å². The average molecular weight is 295 g/mol. The molecule has 0 heterocycles. The van der Waals surface area contributed by atoms with Crippen LogP contribution in [0, 0.1) is 39.2 Å². The Morgan fingerprint density at radius 1 is 1.29 bits per heavy atom. The van der Waals surface area contributed by atoms with Crippen molar-refractivity contribution in [3.05, 3.63) is 10.1 Å². The van der Waals surface area contributed by atoms with E-state index in [4.69, 9.17) is 4.74 Å². The second-order valence-corrected chi connectivity index (χ2v) is 8.28. The molecule has 0 aromatic rings. The molecule has 0 N–H and O–H groups in total. The summed E-state index contributed by atoms with van der Waals surface area (Å²) in [5.41, 5.74) is -0.953. The van der Waals surface area contributed by atoms with Gasteiger partial charge in [-0.15, -0.1) is 0 Å². The fourth-order valence-electron chi connectivity index (χ4n) is 5.46. The zero-order chi connectivity index (χ0) is 15.4. The van der Waals surface area contributed by atoms with E-state index in [0.717, 1.165) is 18.8 Å². The first-order chi connectivity index (χ1) is 9.71. The molecular formula is C16H25NO4. The number of nitro groups is 1. The number of rotatable bonds is 4. The minimum atomic E-state index is -0.524. The Balaban J connectivity index is 1.79. The Labute approximate surface area is 125 Å². The third kappa shape index (κ3) is 2.44. The van der Waals surface area contributed by atoms with Gasteiger partial charge in [0, 0.05) is 4.92 Å². The van der Waals surface area contributed by atoms with Gasteiger partial charge in [-0.3, -0.25) is 14.9 Å². The van der Waals surface area contributed by atoms with Gasteiger partial charge in [0.05, 0.1) is 11.8 Å². The lowest BCUT2D eigenvalue weighted by molar-refractivity contribution is -0.512. The summed E-state index contributed by atoms with van der Waals surface area (Å²) in [6, 6.07) is 0. The van der Waals surface area contributed by atoms with Crippen molar-refractivity contribution in [2.45, 2.75) is 58.5 Å². The van der Waals surface area contributed by atoms with Gasteiger partial charge in [-0.05, 0) is 63.7 Å². The number of ether oxygens (including phenoxy) is 1. The molecule has 3 saturated carbocycles. The van der Waals surface area contributed by atoms with E-state index in [2.05, 4.69) is 0 Å². The first kappa shape index (κ1) is 14.8. The second-order valence-electron chi connectivity index (χ2n) is 8.28. The average Bonchev–Trinajstić information content (AvgIpc) is 2.50. The van der Waals surface area contributed by atoms with E-state index in [-0.39, 0.29) is 23.9 Å². The van der Waals surface area contributed by atoms with Crippen LogP contribution in [0.4, 0.5) is 0 Å². The van der Waals surface area contributed by atoms with Crippen molar-refractivity contribution in [2.75, 3.05) is 6.54 Å². The van der Waals surface area contributed by atoms with Crippen LogP contribution in [-0.4, -0.2) is 23.0 Å². The van der Waals surface area contributed by atoms with E-state index < -0.39 is 11.0 Å². The quantitative estimate of drug-likeness (QED) is 0.454. The van der Waals surface area contributed by atoms with E-state index in [1.807, 2.05) is 20.8 Å². The summed E-state index contributed by atoms with van der Waals surface area (Å²) in [4.78, 5) is 23.2. The molecule has 5 heteroatoms. The van der Waals surface area contributed by atoms with E-state index >= 15 is 0 Å². The van der Waals surface area contributed by atoms with Crippen LogP contribution in [0.25, 0.3) is 0 Å². The van der Waals surface area contributed by atoms with Crippen LogP contribution < -0.4 is 0 Å². The summed E-state index contributed by atoms with van der Waals surface area (Å²) in [6.45, 7) is 5.46. The van der Waals surface area contributed by atoms with E-state index in [9.17, 15) is 14.9 Å². The zero-order valence-corrected chi connectivity index (χ0v) is 13.1. The monoisotopic (exact) mass is 295 g/mol. The standard InChI is InChI=1S/C16H25NO4/c1-15(2,3)21-14(18)8-16(9-17(19)20)12-5-4-10-6-11(12)13(16)7-10/h10-13H,4-9H2,1-3H3/t10-,11-,12?,13-,16?/m1/s1. The highest BCUT2D eigenvalue weighted by Gasteiger charge is 2.69. The predicted molar refractivity (Wildman–Crippen MR) is 77.2 cm³/mol. The topological polar surface area (TPSA) is 69.4 Å². The van der Waals surface area contributed by atoms with Crippen LogP contribution in [0.15, 0.2) is 0 Å². The maximum absolute atomic E-state index is 12.3. The Morgan fingerprint density at radius 3 is 2.62 bits per heavy atom. The van der Waals surface area contributed by atoms with E-state index in [1.165, 1.54) is 12.8 Å². The van der Waals surface area contributed by atoms with Gasteiger partial charge in [0.2, 0.25) is 6.54 Å². The van der Waals surface area contributed by atoms with Gasteiger partial charge >= 0.3 is 5.97 Å². The van der Waals surface area contributed by atoms with Gasteiger partial charge in [-0.25, -0.2) is 0 Å². The van der Waals surface area contributed by atoms with Crippen molar-refractivity contribution in [3.63, 3.8) is 0 Å². The lowest BCUT2D eigenvalue weighted by Gasteiger charge is -2.57. The molecule has 0 radical (unpaired) electrons. The molecule has 0 spiro atoms. The maximum Gasteiger partial charge on any atom is 0.307 e. The fourth-order valence-corrected chi connectivity index (χ4v) is 5.46. The van der Waals surface area contributed by atoms with Crippen molar-refractivity contribution in [1.82, 2.24) is 0 Å². The van der Waals surface area contributed by atoms with Crippen molar-refractivity contribution in [1.29, 1.82) is 0 Å². The van der Waals surface area contributed by atoms with Crippen molar-refractivity contribution < 1.29 is 14.5 Å². The Bertz CT molecular complexity index is 461. The Morgan fingerprint density at radius 2 is 2.00 bits per heavy atom. The van der Waals surface area contributed by atoms with Gasteiger partial charge in [-0.2, -0.15) is 0 Å². The molecule has 0 aromatic heterocycles. The van der Waals surface area contributed by atoms with Crippen molar-refractivity contribution in [3.8, 4) is 0 Å². The number of nitrogens with zero attached hydrogens (tertiary/aromatic N) is 1. The number of fused-ring (bicyclic) bond motifs is 1. The van der Waals surface area contributed by atoms with Gasteiger partial charge in [0.1, 0.15) is 5.60 Å². The van der Waals surface area contributed by atoms with Crippen LogP contribution in [0.1, 0.15) is 52.9 Å². The van der Waals surface area contributed by atoms with Crippen LogP contribution >= 0.6 is 0 Å². The number of hydrogen-bond acceptors (Lipinski definition) is 4. The molecule has 2 unspecified atom stereocenters. The maximum atomic E-state index is 12.3. The molecule has 5 nitrogen and oxygen atoms in total. The highest BCUT2D eigenvalue weighted by atomic mass is 16.6. The van der Waals surface area contributed by atoms with Gasteiger partial charge in [-0.1, -0.05) is 6.42 Å². The molecule has 0 aromatic carbocycles. The lowest BCUT2D eigenvalue weighted by atomic mass is 9.45. The molecule has 118 valence electrons. The molecule has 0 saturated heterocycles. The lowest BCUT2D eigenvalue weighted by Crippen LogP contribution is -2.59. The van der Waals surface area contributed by atoms with Gasteiger partial charge in [0.15, 0.2) is 0 Å². The van der Waals surface area contributed by atoms with E-state index in [1.54, 1.807) is 0 Å². The first-order valence-electron chi connectivity index (χ1n) is 8.05. The minimum absolute atomic E-state index is 0.0647. The summed E-state index contributed by atoms with van der Waals surface area (Å²) in [7, 11) is 0. The fraction of sp³-hybridized carbons (Fsp3) is 0.938. The SMILES string of the molecule is CC(C)(C)OC(=O)CC1(C[N+](=O)[O-])C2CC[C@@H]3C[C@H]2[C@H]1C3. The summed E-state index contributed by atoms with van der Waals surface area (Å²) in [6.07, 6.45) is 4.78. The second kappa shape index (κ2) is 4.68. The number of esters is 1. The smallest absolute Gasteiger partial charge is 0.307 e. The summed E-state index contributed by atoms with van der Waals surface area (Å²) in [5, 5.41) is 11.2. The normalized spacial score (nSPS) is 40.5. The molecule has 3 aliphatic carbocycles. The minimum Gasteiger partial charge on any atom is -0.460 e. The van der Waals surface area contributed by atoms with Crippen LogP contribution in [-0.2, 0) is 9.53 Å². The van der Waals surface area contributed by atoms with Crippen LogP contribution in [0.5, 0.6) is 0 Å². The Hall–Kier alpha value is -1.13. The Kier molecular flexibility index (Phi) is 3.30. The summed E-state index contributed by atoms with van der Waals surface area (Å²) in [5.74, 6) is 1.83. The third-order valence-electron chi connectivity index (χ3n) is 5.91. The molecule has 3 fully saturated rings. The molecule has 3 aliphatic rings. The van der Waals surface area contributed by atoms with Gasteiger partial charge in [0.25, 0.3) is 0 Å². The molecule has 3 rings (SSSR count). The number of carbonyl (C=O) groups is 1. The highest BCUT2D eigenvalue weighted by molar-refractivity contribution is 5.71. The van der Waals surface area contributed by atoms with Crippen LogP contribution in [0.3, 0.4) is 0 Å². The molecule has 2 bridgehead atoms. The molecule has 0 aliphatic heterocycles. The molecule has 21 heavy (non-hydrogen) atoms. The molecule has 5 atom stereocenters. The summed E-state index contributed by atoms with van der Waals surface area (Å²) < 4.78 is 5.44. The van der Waals surface area contributed by atoms with Crippen LogP contribution in [0.2, 0.25) is 0 Å². The predicted octanol–water partition coefficient (Wildman–Crippen LogP) is 3.05. The van der Waals surface area contributed by atoms with Crippen molar-refractivity contribution >= 4 is 5.97 Å². The first-order valence-corrected chi connectivity index (χ1v) is 8.05. The number of hydrogen-bond donors (Lipinski definition) is 0. The highest BCUT2D eigenvalue weighted by Crippen LogP contribution is 2.70. The zero-order valence-electron chi connectivity index (χ0n) is 13.1. The molecular weight excluding hydrogens is 270 g/mol. The van der Waals surface area contributed by atoms with Crippen molar-refractivity contribution in [2.24, 2.45) is 29.1 Å². The number of carbonyl (C=O) groups excluding carboxylic acids is 1. The largest absolute Gasteiger partial charge is 0.460 e. The third-order valence-corrected chi connectivity index (χ3v) is 5.91. The summed E-state index contributed by atoms with van der Waals surface area (Å²) >= 11 is 0.